The number of aryl methyl sites for hydroxylation is 1. The van der Waals surface area contributed by atoms with Crippen molar-refractivity contribution in [3.05, 3.63) is 83.1 Å². The Morgan fingerprint density at radius 1 is 1.00 bits per heavy atom. The predicted octanol–water partition coefficient (Wildman–Crippen LogP) is 3.38. The van der Waals surface area contributed by atoms with Crippen LogP contribution >= 0.6 is 0 Å². The smallest absolute Gasteiger partial charge is 0.305 e. The number of nitrogens with zero attached hydrogens (tertiary/aromatic N) is 1. The van der Waals surface area contributed by atoms with Crippen molar-refractivity contribution >= 4 is 11.8 Å². The van der Waals surface area contributed by atoms with Crippen molar-refractivity contribution in [3.8, 4) is 0 Å². The minimum atomic E-state index is -0.505. The van der Waals surface area contributed by atoms with Crippen LogP contribution in [0.3, 0.4) is 0 Å². The van der Waals surface area contributed by atoms with Crippen LogP contribution in [0, 0.1) is 13.8 Å². The van der Waals surface area contributed by atoms with Gasteiger partial charge in [-0.1, -0.05) is 30.3 Å². The second-order valence-electron chi connectivity index (χ2n) is 6.13. The molecule has 134 valence electrons. The van der Waals surface area contributed by atoms with E-state index < -0.39 is 5.91 Å². The molecular weight excluding hydrogens is 330 g/mol. The van der Waals surface area contributed by atoms with Gasteiger partial charge in [0.2, 0.25) is 0 Å². The normalized spacial score (nSPS) is 11.8. The molecule has 3 aromatic rings. The number of benzene rings is 1. The Morgan fingerprint density at radius 3 is 2.35 bits per heavy atom. The SMILES string of the molecule is Cc1cc(C(=O)NNC(=O)c2ccco2)c(C)n1C(C)c1ccccc1. The Balaban J connectivity index is 1.77. The van der Waals surface area contributed by atoms with Crippen LogP contribution in [0.15, 0.2) is 59.2 Å². The summed E-state index contributed by atoms with van der Waals surface area (Å²) >= 11 is 0. The first-order valence-corrected chi connectivity index (χ1v) is 8.36. The number of carbonyl (C=O) groups is 2. The molecule has 0 aliphatic carbocycles. The molecule has 0 aliphatic rings. The Hall–Kier alpha value is -3.28. The molecule has 0 aliphatic heterocycles. The zero-order chi connectivity index (χ0) is 18.7. The largest absolute Gasteiger partial charge is 0.459 e. The maximum absolute atomic E-state index is 12.5. The third-order valence-electron chi connectivity index (χ3n) is 4.43. The third kappa shape index (κ3) is 3.39. The number of carbonyl (C=O) groups excluding carboxylic acids is 2. The first-order chi connectivity index (χ1) is 12.5. The Morgan fingerprint density at radius 2 is 1.69 bits per heavy atom. The summed E-state index contributed by atoms with van der Waals surface area (Å²) in [6.45, 7) is 5.95. The number of furan rings is 1. The number of nitrogens with one attached hydrogen (secondary N) is 2. The van der Waals surface area contributed by atoms with Gasteiger partial charge in [-0.2, -0.15) is 0 Å². The van der Waals surface area contributed by atoms with E-state index in [0.717, 1.165) is 17.0 Å². The first-order valence-electron chi connectivity index (χ1n) is 8.36. The van der Waals surface area contributed by atoms with Crippen LogP contribution in [0.4, 0.5) is 0 Å². The molecular formula is C20H21N3O3. The number of amides is 2. The van der Waals surface area contributed by atoms with Crippen molar-refractivity contribution in [1.82, 2.24) is 15.4 Å². The van der Waals surface area contributed by atoms with Gasteiger partial charge in [0.25, 0.3) is 5.91 Å². The highest BCUT2D eigenvalue weighted by Gasteiger charge is 2.20. The van der Waals surface area contributed by atoms with Crippen LogP contribution in [-0.4, -0.2) is 16.4 Å². The van der Waals surface area contributed by atoms with Gasteiger partial charge in [-0.15, -0.1) is 0 Å². The lowest BCUT2D eigenvalue weighted by Gasteiger charge is -2.19. The van der Waals surface area contributed by atoms with Gasteiger partial charge in [0.1, 0.15) is 0 Å². The fourth-order valence-electron chi connectivity index (χ4n) is 3.13. The molecule has 2 aromatic heterocycles. The average molecular weight is 351 g/mol. The van der Waals surface area contributed by atoms with Crippen LogP contribution < -0.4 is 10.9 Å². The number of hydrogen-bond acceptors (Lipinski definition) is 3. The molecule has 1 atom stereocenters. The maximum atomic E-state index is 12.5. The average Bonchev–Trinajstić information content (AvgIpc) is 3.28. The molecule has 0 radical (unpaired) electrons. The van der Waals surface area contributed by atoms with Gasteiger partial charge in [-0.3, -0.25) is 20.4 Å². The van der Waals surface area contributed by atoms with E-state index in [9.17, 15) is 9.59 Å². The maximum Gasteiger partial charge on any atom is 0.305 e. The standard InChI is InChI=1S/C20H21N3O3/c1-13-12-17(19(24)21-22-20(25)18-10-7-11-26-18)15(3)23(13)14(2)16-8-5-4-6-9-16/h4-12,14H,1-3H3,(H,21,24)(H,22,25). The summed E-state index contributed by atoms with van der Waals surface area (Å²) < 4.78 is 7.10. The Labute approximate surface area is 151 Å². The first kappa shape index (κ1) is 17.5. The van der Waals surface area contributed by atoms with E-state index in [0.29, 0.717) is 5.56 Å². The lowest BCUT2D eigenvalue weighted by molar-refractivity contribution is 0.0830. The lowest BCUT2D eigenvalue weighted by Crippen LogP contribution is -2.41. The molecule has 2 amide bonds. The van der Waals surface area contributed by atoms with Crippen LogP contribution in [0.1, 0.15) is 50.8 Å². The van der Waals surface area contributed by atoms with Crippen molar-refractivity contribution in [2.24, 2.45) is 0 Å². The summed E-state index contributed by atoms with van der Waals surface area (Å²) in [7, 11) is 0. The molecule has 0 fully saturated rings. The van der Waals surface area contributed by atoms with Gasteiger partial charge < -0.3 is 8.98 Å². The van der Waals surface area contributed by atoms with E-state index >= 15 is 0 Å². The molecule has 6 nitrogen and oxygen atoms in total. The summed E-state index contributed by atoms with van der Waals surface area (Å²) in [6.07, 6.45) is 1.40. The van der Waals surface area contributed by atoms with E-state index in [1.807, 2.05) is 38.1 Å². The molecule has 0 bridgehead atoms. The molecule has 3 rings (SSSR count). The fourth-order valence-corrected chi connectivity index (χ4v) is 3.13. The number of hydrazine groups is 1. The fraction of sp³-hybridized carbons (Fsp3) is 0.200. The summed E-state index contributed by atoms with van der Waals surface area (Å²) in [5.41, 5.74) is 8.28. The van der Waals surface area contributed by atoms with Crippen LogP contribution in [0.25, 0.3) is 0 Å². The van der Waals surface area contributed by atoms with Gasteiger partial charge in [-0.25, -0.2) is 0 Å². The van der Waals surface area contributed by atoms with Crippen molar-refractivity contribution in [1.29, 1.82) is 0 Å². The van der Waals surface area contributed by atoms with Crippen molar-refractivity contribution in [2.75, 3.05) is 0 Å². The van der Waals surface area contributed by atoms with Crippen LogP contribution in [0.2, 0.25) is 0 Å². The predicted molar refractivity (Wildman–Crippen MR) is 97.8 cm³/mol. The Kier molecular flexibility index (Phi) is 4.93. The second kappa shape index (κ2) is 7.31. The van der Waals surface area contributed by atoms with Crippen molar-refractivity contribution in [3.63, 3.8) is 0 Å². The molecule has 2 N–H and O–H groups in total. The summed E-state index contributed by atoms with van der Waals surface area (Å²) in [4.78, 5) is 24.4. The van der Waals surface area contributed by atoms with Gasteiger partial charge in [0.05, 0.1) is 17.9 Å². The zero-order valence-electron chi connectivity index (χ0n) is 14.9. The quantitative estimate of drug-likeness (QED) is 0.708. The van der Waals surface area contributed by atoms with Crippen molar-refractivity contribution in [2.45, 2.75) is 26.8 Å². The molecule has 6 heteroatoms. The zero-order valence-corrected chi connectivity index (χ0v) is 14.9. The van der Waals surface area contributed by atoms with Gasteiger partial charge in [-0.05, 0) is 44.5 Å². The minimum absolute atomic E-state index is 0.0930. The van der Waals surface area contributed by atoms with Crippen LogP contribution in [-0.2, 0) is 0 Å². The third-order valence-corrected chi connectivity index (χ3v) is 4.43. The van der Waals surface area contributed by atoms with E-state index in [1.54, 1.807) is 6.07 Å². The molecule has 26 heavy (non-hydrogen) atoms. The molecule has 1 unspecified atom stereocenters. The lowest BCUT2D eigenvalue weighted by atomic mass is 10.1. The Bertz CT molecular complexity index is 911. The molecule has 0 spiro atoms. The molecule has 1 aromatic carbocycles. The minimum Gasteiger partial charge on any atom is -0.459 e. The monoisotopic (exact) mass is 351 g/mol. The van der Waals surface area contributed by atoms with Gasteiger partial charge in [0, 0.05) is 11.4 Å². The second-order valence-corrected chi connectivity index (χ2v) is 6.13. The number of aromatic nitrogens is 1. The molecule has 0 saturated heterocycles. The molecule has 0 saturated carbocycles. The topological polar surface area (TPSA) is 76.3 Å². The summed E-state index contributed by atoms with van der Waals surface area (Å²) in [5.74, 6) is -0.743. The van der Waals surface area contributed by atoms with Crippen molar-refractivity contribution < 1.29 is 14.0 Å². The summed E-state index contributed by atoms with van der Waals surface area (Å²) in [6, 6.07) is 15.1. The number of rotatable bonds is 4. The van der Waals surface area contributed by atoms with Gasteiger partial charge in [0.15, 0.2) is 5.76 Å². The van der Waals surface area contributed by atoms with E-state index in [1.165, 1.54) is 12.3 Å². The summed E-state index contributed by atoms with van der Waals surface area (Å²) in [5, 5.41) is 0. The van der Waals surface area contributed by atoms with Gasteiger partial charge >= 0.3 is 5.91 Å². The van der Waals surface area contributed by atoms with E-state index in [4.69, 9.17) is 4.42 Å². The highest BCUT2D eigenvalue weighted by atomic mass is 16.3. The molecule has 2 heterocycles. The van der Waals surface area contributed by atoms with E-state index in [2.05, 4.69) is 34.5 Å². The highest BCUT2D eigenvalue weighted by Crippen LogP contribution is 2.25. The number of hydrogen-bond donors (Lipinski definition) is 2. The van der Waals surface area contributed by atoms with E-state index in [-0.39, 0.29) is 17.7 Å². The van der Waals surface area contributed by atoms with Crippen LogP contribution in [0.5, 0.6) is 0 Å². The highest BCUT2D eigenvalue weighted by molar-refractivity contribution is 5.98.